The zero-order valence-electron chi connectivity index (χ0n) is 35.2. The summed E-state index contributed by atoms with van der Waals surface area (Å²) in [5.41, 5.74) is 3.96. The molecular formula is C42H80O4Si3. The Morgan fingerprint density at radius 2 is 1.49 bits per heavy atom. The van der Waals surface area contributed by atoms with Gasteiger partial charge in [0.1, 0.15) is 0 Å². The van der Waals surface area contributed by atoms with Crippen LogP contribution in [0.25, 0.3) is 0 Å². The second kappa shape index (κ2) is 15.6. The number of fused-ring (bicyclic) bond motifs is 1. The Kier molecular flexibility index (Phi) is 13.7. The molecule has 0 bridgehead atoms. The lowest BCUT2D eigenvalue weighted by Crippen LogP contribution is -2.49. The average Bonchev–Trinajstić information content (AvgIpc) is 3.31. The summed E-state index contributed by atoms with van der Waals surface area (Å²) in [6, 6.07) is 0. The van der Waals surface area contributed by atoms with E-state index in [2.05, 4.69) is 120 Å². The van der Waals surface area contributed by atoms with Gasteiger partial charge in [0, 0.05) is 18.4 Å². The molecule has 0 aromatic carbocycles. The highest BCUT2D eigenvalue weighted by molar-refractivity contribution is 6.74. The van der Waals surface area contributed by atoms with Crippen molar-refractivity contribution in [2.24, 2.45) is 23.2 Å². The van der Waals surface area contributed by atoms with E-state index in [0.29, 0.717) is 24.4 Å². The minimum atomic E-state index is -2.01. The molecule has 0 heterocycles. The molecule has 0 saturated heterocycles. The van der Waals surface area contributed by atoms with Gasteiger partial charge >= 0.3 is 0 Å². The van der Waals surface area contributed by atoms with Crippen LogP contribution in [0.4, 0.5) is 0 Å². The molecule has 284 valence electrons. The van der Waals surface area contributed by atoms with Crippen LogP contribution in [-0.2, 0) is 13.3 Å². The Morgan fingerprint density at radius 1 is 0.898 bits per heavy atom. The molecule has 7 heteroatoms. The van der Waals surface area contributed by atoms with E-state index < -0.39 is 25.0 Å². The van der Waals surface area contributed by atoms with E-state index >= 15 is 0 Å². The minimum Gasteiger partial charge on any atom is -0.413 e. The Morgan fingerprint density at radius 3 is 2.04 bits per heavy atom. The topological polar surface area (TPSA) is 47.9 Å². The number of rotatable bonds is 13. The summed E-state index contributed by atoms with van der Waals surface area (Å²) in [5.74, 6) is 1.66. The first-order valence-electron chi connectivity index (χ1n) is 19.9. The van der Waals surface area contributed by atoms with Gasteiger partial charge in [-0.15, -0.1) is 0 Å². The van der Waals surface area contributed by atoms with Gasteiger partial charge in [0.05, 0.1) is 17.8 Å². The highest BCUT2D eigenvalue weighted by atomic mass is 28.4. The zero-order valence-corrected chi connectivity index (χ0v) is 38.2. The maximum atomic E-state index is 11.1. The van der Waals surface area contributed by atoms with Crippen LogP contribution in [0.5, 0.6) is 0 Å². The molecule has 3 fully saturated rings. The van der Waals surface area contributed by atoms with Crippen molar-refractivity contribution in [3.63, 3.8) is 0 Å². The number of aliphatic hydroxyl groups is 1. The van der Waals surface area contributed by atoms with Gasteiger partial charge in [-0.3, -0.25) is 0 Å². The molecule has 0 aromatic rings. The minimum absolute atomic E-state index is 0.00483. The molecule has 3 aliphatic carbocycles. The summed E-state index contributed by atoms with van der Waals surface area (Å²) in [4.78, 5) is 0. The molecule has 1 N–H and O–H groups in total. The number of allylic oxidation sites excluding steroid dienone is 3. The van der Waals surface area contributed by atoms with Crippen LogP contribution in [0, 0.1) is 23.2 Å². The fraction of sp³-hybridized carbons (Fsp3) is 0.857. The Labute approximate surface area is 307 Å². The van der Waals surface area contributed by atoms with E-state index in [4.69, 9.17) is 19.9 Å². The summed E-state index contributed by atoms with van der Waals surface area (Å²) >= 11 is 0. The Balaban J connectivity index is 1.85. The molecule has 0 aromatic heterocycles. The summed E-state index contributed by atoms with van der Waals surface area (Å²) in [6.07, 6.45) is 16.2. The molecule has 3 rings (SSSR count). The van der Waals surface area contributed by atoms with Crippen molar-refractivity contribution in [2.75, 3.05) is 6.61 Å². The standard InChI is InChI=1S/C42H80O4Si3/c1-31(20-18-26-41(9,10)46-47(11,12)13)36-24-25-37-33(21-19-27-42(36,37)30-43)22-23-34-28-35(44-48(14,15)39(3,4)5)29-38(32(34)2)45-49(16,17)40(6,7)8/h22-23,31,35-38,43H,2,18-21,24-30H2,1,3-17H3/b33-22?,34-23-/t31-,35-,36-,37?,38-,42+/m1/s1. The molecule has 0 spiro atoms. The fourth-order valence-corrected chi connectivity index (χ4v) is 13.4. The molecule has 0 radical (unpaired) electrons. The lowest BCUT2D eigenvalue weighted by Gasteiger charge is -2.46. The van der Waals surface area contributed by atoms with E-state index in [9.17, 15) is 5.11 Å². The van der Waals surface area contributed by atoms with E-state index in [1.807, 2.05) is 0 Å². The second-order valence-corrected chi connectivity index (χ2v) is 35.0. The third kappa shape index (κ3) is 10.7. The predicted molar refractivity (Wildman–Crippen MR) is 220 cm³/mol. The van der Waals surface area contributed by atoms with Crippen LogP contribution in [0.2, 0.25) is 55.9 Å². The summed E-state index contributed by atoms with van der Waals surface area (Å²) in [5, 5.41) is 11.4. The molecule has 49 heavy (non-hydrogen) atoms. The highest BCUT2D eigenvalue weighted by Gasteiger charge is 2.53. The van der Waals surface area contributed by atoms with Crippen molar-refractivity contribution in [3.8, 4) is 0 Å². The molecule has 6 atom stereocenters. The van der Waals surface area contributed by atoms with Crippen molar-refractivity contribution >= 4 is 25.0 Å². The predicted octanol–water partition coefficient (Wildman–Crippen LogP) is 12.6. The molecule has 3 saturated carbocycles. The van der Waals surface area contributed by atoms with Gasteiger partial charge in [0.2, 0.25) is 0 Å². The third-order valence-electron chi connectivity index (χ3n) is 13.5. The highest BCUT2D eigenvalue weighted by Crippen LogP contribution is 2.60. The molecule has 1 unspecified atom stereocenters. The summed E-state index contributed by atoms with van der Waals surface area (Å²) in [6.45, 7) is 42.3. The first-order chi connectivity index (χ1) is 22.1. The smallest absolute Gasteiger partial charge is 0.192 e. The van der Waals surface area contributed by atoms with Crippen LogP contribution in [0.3, 0.4) is 0 Å². The molecular weight excluding hydrogens is 653 g/mol. The lowest BCUT2D eigenvalue weighted by atomic mass is 9.60. The van der Waals surface area contributed by atoms with Crippen molar-refractivity contribution in [1.29, 1.82) is 0 Å². The first kappa shape index (κ1) is 43.1. The van der Waals surface area contributed by atoms with Crippen LogP contribution < -0.4 is 0 Å². The molecule has 3 aliphatic rings. The fourth-order valence-electron chi connectivity index (χ4n) is 8.94. The number of hydrogen-bond acceptors (Lipinski definition) is 4. The van der Waals surface area contributed by atoms with Gasteiger partial charge < -0.3 is 18.4 Å². The van der Waals surface area contributed by atoms with E-state index in [0.717, 1.165) is 37.7 Å². The maximum absolute atomic E-state index is 11.1. The lowest BCUT2D eigenvalue weighted by molar-refractivity contribution is 0.00606. The number of hydrogen-bond donors (Lipinski definition) is 1. The van der Waals surface area contributed by atoms with Crippen molar-refractivity contribution < 1.29 is 18.4 Å². The molecule has 0 amide bonds. The third-order valence-corrected chi connectivity index (χ3v) is 23.7. The van der Waals surface area contributed by atoms with Gasteiger partial charge in [-0.05, 0) is 144 Å². The first-order valence-corrected chi connectivity index (χ1v) is 29.1. The normalized spacial score (nSPS) is 30.3. The number of aliphatic hydroxyl groups excluding tert-OH is 1. The van der Waals surface area contributed by atoms with Gasteiger partial charge in [-0.2, -0.15) is 0 Å². The van der Waals surface area contributed by atoms with Crippen molar-refractivity contribution in [1.82, 2.24) is 0 Å². The van der Waals surface area contributed by atoms with Crippen molar-refractivity contribution in [2.45, 2.75) is 200 Å². The summed E-state index contributed by atoms with van der Waals surface area (Å²) in [7, 11) is -5.54. The van der Waals surface area contributed by atoms with E-state index in [-0.39, 0.29) is 33.3 Å². The van der Waals surface area contributed by atoms with Crippen molar-refractivity contribution in [3.05, 3.63) is 35.5 Å². The zero-order chi connectivity index (χ0) is 37.4. The molecule has 0 aliphatic heterocycles. The van der Waals surface area contributed by atoms with E-state index in [1.165, 1.54) is 37.7 Å². The monoisotopic (exact) mass is 733 g/mol. The van der Waals surface area contributed by atoms with Gasteiger partial charge in [-0.25, -0.2) is 0 Å². The van der Waals surface area contributed by atoms with Crippen LogP contribution in [0.1, 0.15) is 127 Å². The summed E-state index contributed by atoms with van der Waals surface area (Å²) < 4.78 is 20.7. The maximum Gasteiger partial charge on any atom is 0.192 e. The SMILES string of the molecule is C=C1/C(=C\C=C2CCC[C@@]3(CO)C2CC[C@@H]3[C@H](C)CCCC(C)(C)O[Si](C)(C)C)C[C@@H](O[Si](C)(C)C(C)(C)C)C[C@H]1O[Si](C)(C)C(C)(C)C. The quantitative estimate of drug-likeness (QED) is 0.192. The van der Waals surface area contributed by atoms with Gasteiger partial charge in [0.15, 0.2) is 25.0 Å². The van der Waals surface area contributed by atoms with Gasteiger partial charge in [0.25, 0.3) is 0 Å². The largest absolute Gasteiger partial charge is 0.413 e. The second-order valence-electron chi connectivity index (χ2n) is 21.1. The van der Waals surface area contributed by atoms with E-state index in [1.54, 1.807) is 5.57 Å². The van der Waals surface area contributed by atoms with Gasteiger partial charge in [-0.1, -0.05) is 85.6 Å². The average molecular weight is 733 g/mol. The van der Waals surface area contributed by atoms with Crippen LogP contribution in [-0.4, -0.2) is 54.5 Å². The Bertz CT molecular complexity index is 1200. The van der Waals surface area contributed by atoms with Crippen LogP contribution in [0.15, 0.2) is 35.5 Å². The molecule has 4 nitrogen and oxygen atoms in total. The van der Waals surface area contributed by atoms with Crippen LogP contribution >= 0.6 is 0 Å². The Hall–Kier alpha value is -0.289.